The molecule has 0 aliphatic carbocycles. The number of methoxy groups -OCH3 is 1. The van der Waals surface area contributed by atoms with Gasteiger partial charge in [0.2, 0.25) is 0 Å². The van der Waals surface area contributed by atoms with Crippen molar-refractivity contribution in [1.29, 1.82) is 0 Å². The highest BCUT2D eigenvalue weighted by atomic mass is 16.5. The fourth-order valence-electron chi connectivity index (χ4n) is 2.57. The summed E-state index contributed by atoms with van der Waals surface area (Å²) in [5, 5.41) is 4.53. The summed E-state index contributed by atoms with van der Waals surface area (Å²) < 4.78 is 5.27. The van der Waals surface area contributed by atoms with Gasteiger partial charge in [0.15, 0.2) is 0 Å². The highest BCUT2D eigenvalue weighted by molar-refractivity contribution is 5.83. The molecule has 0 spiro atoms. The largest absolute Gasteiger partial charge is 0.497 e. The molecule has 0 atom stereocenters. The number of hydrogen-bond donors (Lipinski definition) is 1. The Balaban J connectivity index is 2.05. The molecule has 100 valence electrons. The van der Waals surface area contributed by atoms with E-state index in [1.165, 1.54) is 5.56 Å². The van der Waals surface area contributed by atoms with Crippen LogP contribution in [-0.2, 0) is 0 Å². The minimum Gasteiger partial charge on any atom is -0.497 e. The Kier molecular flexibility index (Phi) is 3.25. The summed E-state index contributed by atoms with van der Waals surface area (Å²) in [6.07, 6.45) is 0. The predicted molar refractivity (Wildman–Crippen MR) is 78.1 cm³/mol. The van der Waals surface area contributed by atoms with Crippen LogP contribution in [-0.4, -0.2) is 38.3 Å². The number of anilines is 1. The number of ether oxygens (including phenoxy) is 1. The average Bonchev–Trinajstić information content (AvgIpc) is 2.47. The lowest BCUT2D eigenvalue weighted by molar-refractivity contribution is 0.415. The smallest absolute Gasteiger partial charge is 0.132 e. The number of fused-ring (bicyclic) bond motifs is 1. The summed E-state index contributed by atoms with van der Waals surface area (Å²) >= 11 is 0. The first kappa shape index (κ1) is 12.2. The Morgan fingerprint density at radius 1 is 1.21 bits per heavy atom. The van der Waals surface area contributed by atoms with Crippen LogP contribution in [0.4, 0.5) is 5.82 Å². The van der Waals surface area contributed by atoms with Gasteiger partial charge in [0.25, 0.3) is 0 Å². The van der Waals surface area contributed by atoms with Crippen molar-refractivity contribution in [3.05, 3.63) is 29.8 Å². The van der Waals surface area contributed by atoms with Crippen molar-refractivity contribution >= 4 is 16.7 Å². The Morgan fingerprint density at radius 3 is 2.74 bits per heavy atom. The minimum absolute atomic E-state index is 0.857. The van der Waals surface area contributed by atoms with E-state index < -0.39 is 0 Å². The fraction of sp³-hybridized carbons (Fsp3) is 0.400. The molecule has 1 aromatic carbocycles. The van der Waals surface area contributed by atoms with Crippen molar-refractivity contribution in [3.63, 3.8) is 0 Å². The standard InChI is InChI=1S/C15H19N3O/c1-11-9-12-3-4-13(19-2)10-14(12)17-15(11)18-7-5-16-6-8-18/h3-4,9-10,16H,5-8H2,1-2H3. The lowest BCUT2D eigenvalue weighted by Crippen LogP contribution is -2.44. The fourth-order valence-corrected chi connectivity index (χ4v) is 2.57. The number of piperazine rings is 1. The second-order valence-electron chi connectivity index (χ2n) is 4.92. The SMILES string of the molecule is COc1ccc2cc(C)c(N3CCNCC3)nc2c1. The molecule has 4 heteroatoms. The van der Waals surface area contributed by atoms with Crippen molar-refractivity contribution < 1.29 is 4.74 Å². The molecular formula is C15H19N3O. The molecule has 0 unspecified atom stereocenters. The molecule has 1 aliphatic rings. The summed E-state index contributed by atoms with van der Waals surface area (Å²) in [6.45, 7) is 6.22. The number of nitrogens with zero attached hydrogens (tertiary/aromatic N) is 2. The second-order valence-corrected chi connectivity index (χ2v) is 4.92. The number of hydrogen-bond acceptors (Lipinski definition) is 4. The molecule has 1 fully saturated rings. The van der Waals surface area contributed by atoms with Crippen LogP contribution in [0.1, 0.15) is 5.56 Å². The molecule has 2 aromatic rings. The highest BCUT2D eigenvalue weighted by Gasteiger charge is 2.14. The molecule has 0 saturated carbocycles. The van der Waals surface area contributed by atoms with Gasteiger partial charge < -0.3 is 15.0 Å². The monoisotopic (exact) mass is 257 g/mol. The maximum Gasteiger partial charge on any atom is 0.132 e. The number of benzene rings is 1. The van der Waals surface area contributed by atoms with Gasteiger partial charge in [-0.15, -0.1) is 0 Å². The average molecular weight is 257 g/mol. The van der Waals surface area contributed by atoms with E-state index in [0.29, 0.717) is 0 Å². The number of pyridine rings is 1. The lowest BCUT2D eigenvalue weighted by atomic mass is 10.1. The molecule has 0 bridgehead atoms. The van der Waals surface area contributed by atoms with Crippen LogP contribution in [0.15, 0.2) is 24.3 Å². The summed E-state index contributed by atoms with van der Waals surface area (Å²) in [5.74, 6) is 1.96. The van der Waals surface area contributed by atoms with E-state index in [9.17, 15) is 0 Å². The third-order valence-corrected chi connectivity index (χ3v) is 3.61. The molecule has 0 amide bonds. The molecule has 1 aliphatic heterocycles. The Morgan fingerprint density at radius 2 is 2.00 bits per heavy atom. The van der Waals surface area contributed by atoms with Crippen molar-refractivity contribution in [3.8, 4) is 5.75 Å². The van der Waals surface area contributed by atoms with Crippen molar-refractivity contribution in [2.45, 2.75) is 6.92 Å². The number of aryl methyl sites for hydroxylation is 1. The summed E-state index contributed by atoms with van der Waals surface area (Å²) in [7, 11) is 1.69. The van der Waals surface area contributed by atoms with Crippen LogP contribution in [0, 0.1) is 6.92 Å². The summed E-state index contributed by atoms with van der Waals surface area (Å²) in [6, 6.07) is 8.25. The molecule has 0 radical (unpaired) electrons. The van der Waals surface area contributed by atoms with Crippen LogP contribution >= 0.6 is 0 Å². The molecule has 1 N–H and O–H groups in total. The summed E-state index contributed by atoms with van der Waals surface area (Å²) in [5.41, 5.74) is 2.23. The molecule has 2 heterocycles. The first-order valence-corrected chi connectivity index (χ1v) is 6.69. The third kappa shape index (κ3) is 2.36. The molecular weight excluding hydrogens is 238 g/mol. The quantitative estimate of drug-likeness (QED) is 0.892. The van der Waals surface area contributed by atoms with Gasteiger partial charge in [-0.05, 0) is 30.7 Å². The van der Waals surface area contributed by atoms with E-state index in [1.807, 2.05) is 12.1 Å². The van der Waals surface area contributed by atoms with Gasteiger partial charge in [-0.3, -0.25) is 0 Å². The Bertz CT molecular complexity index is 591. The van der Waals surface area contributed by atoms with Crippen molar-refractivity contribution in [2.75, 3.05) is 38.2 Å². The van der Waals surface area contributed by atoms with E-state index in [-0.39, 0.29) is 0 Å². The van der Waals surface area contributed by atoms with Crippen LogP contribution in [0.25, 0.3) is 10.9 Å². The number of nitrogens with one attached hydrogen (secondary N) is 1. The van der Waals surface area contributed by atoms with E-state index in [2.05, 4.69) is 29.3 Å². The molecule has 1 saturated heterocycles. The van der Waals surface area contributed by atoms with Gasteiger partial charge in [-0.25, -0.2) is 4.98 Å². The lowest BCUT2D eigenvalue weighted by Gasteiger charge is -2.29. The van der Waals surface area contributed by atoms with Crippen LogP contribution in [0.2, 0.25) is 0 Å². The van der Waals surface area contributed by atoms with E-state index in [1.54, 1.807) is 7.11 Å². The second kappa shape index (κ2) is 5.05. The first-order valence-electron chi connectivity index (χ1n) is 6.69. The van der Waals surface area contributed by atoms with Crippen LogP contribution in [0.5, 0.6) is 5.75 Å². The maximum absolute atomic E-state index is 5.27. The Hall–Kier alpha value is -1.81. The van der Waals surface area contributed by atoms with Gasteiger partial charge in [0.1, 0.15) is 11.6 Å². The van der Waals surface area contributed by atoms with Crippen LogP contribution < -0.4 is 15.0 Å². The van der Waals surface area contributed by atoms with E-state index in [4.69, 9.17) is 9.72 Å². The third-order valence-electron chi connectivity index (χ3n) is 3.61. The van der Waals surface area contributed by atoms with Gasteiger partial charge in [-0.1, -0.05) is 0 Å². The van der Waals surface area contributed by atoms with Crippen molar-refractivity contribution in [1.82, 2.24) is 10.3 Å². The highest BCUT2D eigenvalue weighted by Crippen LogP contribution is 2.26. The van der Waals surface area contributed by atoms with Crippen LogP contribution in [0.3, 0.4) is 0 Å². The van der Waals surface area contributed by atoms with Gasteiger partial charge in [0.05, 0.1) is 12.6 Å². The normalized spacial score (nSPS) is 15.8. The van der Waals surface area contributed by atoms with Gasteiger partial charge >= 0.3 is 0 Å². The van der Waals surface area contributed by atoms with Gasteiger partial charge in [0, 0.05) is 37.6 Å². The molecule has 19 heavy (non-hydrogen) atoms. The zero-order chi connectivity index (χ0) is 13.2. The first-order chi connectivity index (χ1) is 9.28. The molecule has 3 rings (SSSR count). The minimum atomic E-state index is 0.857. The summed E-state index contributed by atoms with van der Waals surface area (Å²) in [4.78, 5) is 7.18. The maximum atomic E-state index is 5.27. The topological polar surface area (TPSA) is 37.4 Å². The number of rotatable bonds is 2. The Labute approximate surface area is 113 Å². The van der Waals surface area contributed by atoms with Crippen molar-refractivity contribution in [2.24, 2.45) is 0 Å². The van der Waals surface area contributed by atoms with Gasteiger partial charge in [-0.2, -0.15) is 0 Å². The predicted octanol–water partition coefficient (Wildman–Crippen LogP) is 1.96. The molecule has 4 nitrogen and oxygen atoms in total. The zero-order valence-electron chi connectivity index (χ0n) is 11.4. The van der Waals surface area contributed by atoms with E-state index in [0.717, 1.165) is 48.6 Å². The number of aromatic nitrogens is 1. The van der Waals surface area contributed by atoms with E-state index >= 15 is 0 Å². The zero-order valence-corrected chi connectivity index (χ0v) is 11.4. The molecule has 1 aromatic heterocycles.